The van der Waals surface area contributed by atoms with Gasteiger partial charge in [-0.3, -0.25) is 14.2 Å². The number of carbonyl (C=O) groups excluding carboxylic acids is 1. The molecule has 1 saturated heterocycles. The highest BCUT2D eigenvalue weighted by Crippen LogP contribution is 2.25. The predicted octanol–water partition coefficient (Wildman–Crippen LogP) is 3.61. The van der Waals surface area contributed by atoms with Crippen molar-refractivity contribution in [2.45, 2.75) is 20.4 Å². The van der Waals surface area contributed by atoms with Gasteiger partial charge in [-0.2, -0.15) is 0 Å². The highest BCUT2D eigenvalue weighted by molar-refractivity contribution is 9.10. The number of nitrogens with one attached hydrogen (secondary N) is 1. The van der Waals surface area contributed by atoms with Crippen molar-refractivity contribution in [2.75, 3.05) is 31.1 Å². The van der Waals surface area contributed by atoms with Gasteiger partial charge in [0.05, 0.1) is 6.33 Å². The Morgan fingerprint density at radius 1 is 1.09 bits per heavy atom. The van der Waals surface area contributed by atoms with E-state index in [0.717, 1.165) is 28.5 Å². The summed E-state index contributed by atoms with van der Waals surface area (Å²) >= 11 is 3.46. The van der Waals surface area contributed by atoms with E-state index in [1.54, 1.807) is 0 Å². The fourth-order valence-corrected chi connectivity index (χ4v) is 4.84. The van der Waals surface area contributed by atoms with Crippen LogP contribution < -0.4 is 10.5 Å². The van der Waals surface area contributed by atoms with E-state index in [-0.39, 0.29) is 18.0 Å². The van der Waals surface area contributed by atoms with Crippen molar-refractivity contribution in [1.29, 1.82) is 0 Å². The Hall–Kier alpha value is -3.13. The van der Waals surface area contributed by atoms with Gasteiger partial charge in [0.15, 0.2) is 0 Å². The minimum absolute atomic E-state index is 0.00953. The number of hydrogen-bond donors (Lipinski definition) is 1. The topological polar surface area (TPSA) is 74.2 Å². The monoisotopic (exact) mass is 493 g/mol. The van der Waals surface area contributed by atoms with Crippen LogP contribution in [-0.4, -0.2) is 51.5 Å². The number of aromatic nitrogens is 3. The van der Waals surface area contributed by atoms with Gasteiger partial charge in [0.25, 0.3) is 5.56 Å². The quantitative estimate of drug-likeness (QED) is 0.473. The second-order valence-corrected chi connectivity index (χ2v) is 9.29. The number of H-pyrrole nitrogens is 1. The van der Waals surface area contributed by atoms with Crippen molar-refractivity contribution in [1.82, 2.24) is 19.4 Å². The third-order valence-electron chi connectivity index (χ3n) is 6.17. The summed E-state index contributed by atoms with van der Waals surface area (Å²) in [6, 6.07) is 12.2. The molecule has 1 aliphatic heterocycles. The molecule has 7 nitrogen and oxygen atoms in total. The minimum Gasteiger partial charge on any atom is -0.368 e. The molecule has 0 unspecified atom stereocenters. The van der Waals surface area contributed by atoms with Gasteiger partial charge in [-0.1, -0.05) is 33.6 Å². The maximum atomic E-state index is 13.0. The summed E-state index contributed by atoms with van der Waals surface area (Å²) in [6.07, 6.45) is 1.47. The Labute approximate surface area is 193 Å². The molecule has 5 rings (SSSR count). The Kier molecular flexibility index (Phi) is 5.25. The van der Waals surface area contributed by atoms with Gasteiger partial charge in [-0.05, 0) is 43.7 Å². The van der Waals surface area contributed by atoms with Crippen molar-refractivity contribution in [3.63, 3.8) is 0 Å². The average molecular weight is 494 g/mol. The number of amides is 1. The van der Waals surface area contributed by atoms with E-state index < -0.39 is 0 Å². The minimum atomic E-state index is -0.232. The molecule has 32 heavy (non-hydrogen) atoms. The molecule has 164 valence electrons. The highest BCUT2D eigenvalue weighted by atomic mass is 79.9. The van der Waals surface area contributed by atoms with Crippen molar-refractivity contribution in [2.24, 2.45) is 0 Å². The summed E-state index contributed by atoms with van der Waals surface area (Å²) in [5.41, 5.74) is 5.38. The average Bonchev–Trinajstić information content (AvgIpc) is 3.14. The van der Waals surface area contributed by atoms with Crippen molar-refractivity contribution in [3.05, 3.63) is 68.7 Å². The van der Waals surface area contributed by atoms with Gasteiger partial charge >= 0.3 is 0 Å². The lowest BCUT2D eigenvalue weighted by Crippen LogP contribution is -2.50. The molecule has 3 heterocycles. The molecular weight excluding hydrogens is 470 g/mol. The van der Waals surface area contributed by atoms with Crippen LogP contribution in [0.2, 0.25) is 0 Å². The van der Waals surface area contributed by atoms with Crippen LogP contribution in [0.15, 0.2) is 52.0 Å². The Bertz CT molecular complexity index is 1400. The van der Waals surface area contributed by atoms with Gasteiger partial charge in [0.2, 0.25) is 5.91 Å². The van der Waals surface area contributed by atoms with Gasteiger partial charge in [0, 0.05) is 47.2 Å². The fourth-order valence-electron chi connectivity index (χ4n) is 4.48. The largest absolute Gasteiger partial charge is 0.368 e. The number of benzene rings is 2. The van der Waals surface area contributed by atoms with E-state index in [4.69, 9.17) is 0 Å². The zero-order valence-electron chi connectivity index (χ0n) is 18.1. The maximum Gasteiger partial charge on any atom is 0.278 e. The van der Waals surface area contributed by atoms with Crippen molar-refractivity contribution >= 4 is 49.5 Å². The number of piperazine rings is 1. The SMILES string of the molecule is Cc1ccc(N2CCN(C(=O)Cn3cnc4c([nH]c5ccc(Br)cc54)c3=O)CC2)c(C)c1. The number of aryl methyl sites for hydroxylation is 2. The number of hydrogen-bond acceptors (Lipinski definition) is 4. The summed E-state index contributed by atoms with van der Waals surface area (Å²) in [5.74, 6) is -0.0626. The van der Waals surface area contributed by atoms with Crippen LogP contribution in [0.3, 0.4) is 0 Å². The smallest absolute Gasteiger partial charge is 0.278 e. The van der Waals surface area contributed by atoms with Crippen LogP contribution in [0, 0.1) is 13.8 Å². The lowest BCUT2D eigenvalue weighted by Gasteiger charge is -2.37. The van der Waals surface area contributed by atoms with Crippen LogP contribution in [0.25, 0.3) is 21.9 Å². The first-order valence-corrected chi connectivity index (χ1v) is 11.5. The van der Waals surface area contributed by atoms with Crippen LogP contribution in [-0.2, 0) is 11.3 Å². The summed E-state index contributed by atoms with van der Waals surface area (Å²) in [5, 5.41) is 0.882. The van der Waals surface area contributed by atoms with Crippen molar-refractivity contribution in [3.8, 4) is 0 Å². The van der Waals surface area contributed by atoms with E-state index in [1.165, 1.54) is 27.7 Å². The zero-order valence-corrected chi connectivity index (χ0v) is 19.6. The fraction of sp³-hybridized carbons (Fsp3) is 0.292. The standard InChI is InChI=1S/C24H24BrN5O2/c1-15-3-6-20(16(2)11-15)28-7-9-29(10-8-28)21(31)13-30-14-26-22-18-12-17(25)4-5-19(18)27-23(22)24(30)32/h3-6,11-12,14,27H,7-10,13H2,1-2H3. The molecule has 0 atom stereocenters. The highest BCUT2D eigenvalue weighted by Gasteiger charge is 2.23. The third-order valence-corrected chi connectivity index (χ3v) is 6.66. The number of nitrogens with zero attached hydrogens (tertiary/aromatic N) is 4. The predicted molar refractivity (Wildman–Crippen MR) is 130 cm³/mol. The molecular formula is C24H24BrN5O2. The molecule has 1 fully saturated rings. The molecule has 1 N–H and O–H groups in total. The summed E-state index contributed by atoms with van der Waals surface area (Å²) in [6.45, 7) is 7.03. The number of aromatic amines is 1. The van der Waals surface area contributed by atoms with Crippen LogP contribution in [0.4, 0.5) is 5.69 Å². The number of anilines is 1. The zero-order chi connectivity index (χ0) is 22.4. The molecule has 0 spiro atoms. The second kappa shape index (κ2) is 8.09. The second-order valence-electron chi connectivity index (χ2n) is 8.37. The molecule has 8 heteroatoms. The summed E-state index contributed by atoms with van der Waals surface area (Å²) < 4.78 is 2.32. The lowest BCUT2D eigenvalue weighted by molar-refractivity contribution is -0.132. The van der Waals surface area contributed by atoms with E-state index in [2.05, 4.69) is 62.8 Å². The molecule has 4 aromatic rings. The van der Waals surface area contributed by atoms with Gasteiger partial charge in [0.1, 0.15) is 17.6 Å². The molecule has 0 saturated carbocycles. The molecule has 0 bridgehead atoms. The van der Waals surface area contributed by atoms with Gasteiger partial charge < -0.3 is 14.8 Å². The number of rotatable bonds is 3. The van der Waals surface area contributed by atoms with Gasteiger partial charge in [-0.25, -0.2) is 4.98 Å². The maximum absolute atomic E-state index is 13.0. The van der Waals surface area contributed by atoms with E-state index in [1.807, 2.05) is 23.1 Å². The van der Waals surface area contributed by atoms with Crippen LogP contribution in [0.5, 0.6) is 0 Å². The third kappa shape index (κ3) is 3.68. The Morgan fingerprint density at radius 3 is 2.62 bits per heavy atom. The molecule has 1 aliphatic rings. The molecule has 1 amide bonds. The molecule has 0 radical (unpaired) electrons. The first-order chi connectivity index (χ1) is 15.4. The van der Waals surface area contributed by atoms with Crippen molar-refractivity contribution < 1.29 is 4.79 Å². The first kappa shape index (κ1) is 20.8. The number of carbonyl (C=O) groups is 1. The van der Waals surface area contributed by atoms with Gasteiger partial charge in [-0.15, -0.1) is 0 Å². The number of halogens is 1. The molecule has 2 aromatic heterocycles. The lowest BCUT2D eigenvalue weighted by atomic mass is 10.1. The normalized spacial score (nSPS) is 14.5. The molecule has 0 aliphatic carbocycles. The summed E-state index contributed by atoms with van der Waals surface area (Å²) in [7, 11) is 0. The molecule has 2 aromatic carbocycles. The van der Waals surface area contributed by atoms with E-state index in [0.29, 0.717) is 24.1 Å². The first-order valence-electron chi connectivity index (χ1n) is 10.7. The van der Waals surface area contributed by atoms with Crippen LogP contribution in [0.1, 0.15) is 11.1 Å². The summed E-state index contributed by atoms with van der Waals surface area (Å²) in [4.78, 5) is 37.7. The van der Waals surface area contributed by atoms with E-state index >= 15 is 0 Å². The van der Waals surface area contributed by atoms with E-state index in [9.17, 15) is 9.59 Å². The Balaban J connectivity index is 1.31. The number of fused-ring (bicyclic) bond motifs is 3. The van der Waals surface area contributed by atoms with Crippen LogP contribution >= 0.6 is 15.9 Å². The Morgan fingerprint density at radius 2 is 1.88 bits per heavy atom.